The van der Waals surface area contributed by atoms with Crippen molar-refractivity contribution in [3.63, 3.8) is 0 Å². The molecule has 3 aromatic rings. The molecule has 0 aromatic heterocycles. The second-order valence-electron chi connectivity index (χ2n) is 7.31. The average molecular weight is 456 g/mol. The highest BCUT2D eigenvalue weighted by atomic mass is 35.5. The number of hydrogen-bond donors (Lipinski definition) is 2. The molecule has 2 N–H and O–H groups in total. The minimum absolute atomic E-state index is 0.103. The fourth-order valence-electron chi connectivity index (χ4n) is 3.23. The van der Waals surface area contributed by atoms with Crippen molar-refractivity contribution in [2.75, 3.05) is 6.61 Å². The van der Waals surface area contributed by atoms with Gasteiger partial charge in [-0.1, -0.05) is 36.7 Å². The van der Waals surface area contributed by atoms with Gasteiger partial charge in [0.05, 0.1) is 17.7 Å². The molecule has 0 unspecified atom stereocenters. The van der Waals surface area contributed by atoms with Gasteiger partial charge in [0.1, 0.15) is 11.6 Å². The van der Waals surface area contributed by atoms with E-state index < -0.39 is 17.7 Å². The summed E-state index contributed by atoms with van der Waals surface area (Å²) in [5.41, 5.74) is 2.98. The summed E-state index contributed by atoms with van der Waals surface area (Å²) in [4.78, 5) is 24.0. The predicted octanol–water partition coefficient (Wildman–Crippen LogP) is 5.87. The van der Waals surface area contributed by atoms with E-state index in [0.717, 1.165) is 23.6 Å². The maximum atomic E-state index is 14.1. The number of hydrogen-bond acceptors (Lipinski definition) is 3. The Morgan fingerprint density at radius 1 is 1.03 bits per heavy atom. The van der Waals surface area contributed by atoms with Crippen LogP contribution in [0.3, 0.4) is 0 Å². The predicted molar refractivity (Wildman–Crippen MR) is 122 cm³/mol. The molecule has 0 aliphatic carbocycles. The lowest BCUT2D eigenvalue weighted by Gasteiger charge is -2.15. The van der Waals surface area contributed by atoms with Gasteiger partial charge in [-0.3, -0.25) is 4.79 Å². The van der Waals surface area contributed by atoms with Gasteiger partial charge in [-0.05, 0) is 66.4 Å². The van der Waals surface area contributed by atoms with Crippen molar-refractivity contribution in [2.45, 2.75) is 26.8 Å². The summed E-state index contributed by atoms with van der Waals surface area (Å²) < 4.78 is 19.9. The zero-order valence-corrected chi connectivity index (χ0v) is 18.5. The standard InChI is InChI=1S/C25H23ClFNO4/c1-3-10-32-23-9-6-16(17-5-4-15(2)21(12-17)25(30)31)11-18(23)14-28-24(29)20-8-7-19(26)13-22(20)27/h4-9,11-13H,3,10,14H2,1-2H3,(H,28,29)(H,30,31). The van der Waals surface area contributed by atoms with Crippen LogP contribution in [-0.2, 0) is 6.54 Å². The van der Waals surface area contributed by atoms with E-state index in [1.807, 2.05) is 25.1 Å². The summed E-state index contributed by atoms with van der Waals surface area (Å²) in [5, 5.41) is 12.3. The van der Waals surface area contributed by atoms with Crippen LogP contribution in [0.1, 0.15) is 45.2 Å². The van der Waals surface area contributed by atoms with Crippen LogP contribution in [0.5, 0.6) is 5.75 Å². The molecule has 7 heteroatoms. The van der Waals surface area contributed by atoms with E-state index in [-0.39, 0.29) is 22.7 Å². The number of halogens is 2. The van der Waals surface area contributed by atoms with Crippen LogP contribution in [0.15, 0.2) is 54.6 Å². The number of amides is 1. The minimum Gasteiger partial charge on any atom is -0.493 e. The van der Waals surface area contributed by atoms with Crippen LogP contribution in [-0.4, -0.2) is 23.6 Å². The number of nitrogens with one attached hydrogen (secondary N) is 1. The van der Waals surface area contributed by atoms with E-state index in [1.165, 1.54) is 12.1 Å². The lowest BCUT2D eigenvalue weighted by atomic mass is 9.98. The second kappa shape index (κ2) is 10.3. The van der Waals surface area contributed by atoms with Crippen LogP contribution < -0.4 is 10.1 Å². The van der Waals surface area contributed by atoms with Gasteiger partial charge in [0.2, 0.25) is 0 Å². The zero-order chi connectivity index (χ0) is 23.3. The molecule has 32 heavy (non-hydrogen) atoms. The van der Waals surface area contributed by atoms with Gasteiger partial charge in [-0.25, -0.2) is 9.18 Å². The number of ether oxygens (including phenoxy) is 1. The van der Waals surface area contributed by atoms with Gasteiger partial charge in [-0.15, -0.1) is 0 Å². The van der Waals surface area contributed by atoms with Gasteiger partial charge < -0.3 is 15.2 Å². The average Bonchev–Trinajstić information content (AvgIpc) is 2.76. The molecular weight excluding hydrogens is 433 g/mol. The summed E-state index contributed by atoms with van der Waals surface area (Å²) in [7, 11) is 0. The Morgan fingerprint density at radius 3 is 2.44 bits per heavy atom. The summed E-state index contributed by atoms with van der Waals surface area (Å²) in [6, 6.07) is 14.5. The molecule has 0 heterocycles. The minimum atomic E-state index is -0.996. The Morgan fingerprint density at radius 2 is 1.75 bits per heavy atom. The molecule has 3 rings (SSSR count). The van der Waals surface area contributed by atoms with Crippen LogP contribution in [0.4, 0.5) is 4.39 Å². The highest BCUT2D eigenvalue weighted by molar-refractivity contribution is 6.30. The third kappa shape index (κ3) is 5.45. The summed E-state index contributed by atoms with van der Waals surface area (Å²) in [5.74, 6) is -1.68. The molecule has 5 nitrogen and oxygen atoms in total. The molecule has 0 bridgehead atoms. The van der Waals surface area contributed by atoms with Crippen molar-refractivity contribution in [2.24, 2.45) is 0 Å². The summed E-state index contributed by atoms with van der Waals surface area (Å²) >= 11 is 5.75. The monoisotopic (exact) mass is 455 g/mol. The Kier molecular flexibility index (Phi) is 7.49. The zero-order valence-electron chi connectivity index (χ0n) is 17.7. The summed E-state index contributed by atoms with van der Waals surface area (Å²) in [6.45, 7) is 4.33. The first kappa shape index (κ1) is 23.3. The van der Waals surface area contributed by atoms with Crippen molar-refractivity contribution in [1.82, 2.24) is 5.32 Å². The van der Waals surface area contributed by atoms with Crippen LogP contribution >= 0.6 is 11.6 Å². The fraction of sp³-hybridized carbons (Fsp3) is 0.200. The molecule has 0 spiro atoms. The van der Waals surface area contributed by atoms with Crippen LogP contribution in [0.2, 0.25) is 5.02 Å². The first-order chi connectivity index (χ1) is 15.3. The largest absolute Gasteiger partial charge is 0.493 e. The van der Waals surface area contributed by atoms with Gasteiger partial charge in [0.15, 0.2) is 0 Å². The van der Waals surface area contributed by atoms with E-state index in [9.17, 15) is 19.1 Å². The number of benzene rings is 3. The Bertz CT molecular complexity index is 1160. The number of aromatic carboxylic acids is 1. The smallest absolute Gasteiger partial charge is 0.335 e. The van der Waals surface area contributed by atoms with Crippen molar-refractivity contribution >= 4 is 23.5 Å². The van der Waals surface area contributed by atoms with Crippen molar-refractivity contribution in [1.29, 1.82) is 0 Å². The molecule has 3 aromatic carbocycles. The van der Waals surface area contributed by atoms with E-state index >= 15 is 0 Å². The molecule has 1 amide bonds. The molecule has 0 radical (unpaired) electrons. The lowest BCUT2D eigenvalue weighted by Crippen LogP contribution is -2.24. The molecular formula is C25H23ClFNO4. The van der Waals surface area contributed by atoms with Crippen LogP contribution in [0, 0.1) is 12.7 Å². The lowest BCUT2D eigenvalue weighted by molar-refractivity contribution is 0.0696. The number of carbonyl (C=O) groups is 2. The number of carbonyl (C=O) groups excluding carboxylic acids is 1. The first-order valence-corrected chi connectivity index (χ1v) is 10.5. The Hall–Kier alpha value is -3.38. The van der Waals surface area contributed by atoms with Crippen molar-refractivity contribution in [3.05, 3.63) is 87.7 Å². The fourth-order valence-corrected chi connectivity index (χ4v) is 3.39. The van der Waals surface area contributed by atoms with Crippen LogP contribution in [0.25, 0.3) is 11.1 Å². The number of aryl methyl sites for hydroxylation is 1. The maximum Gasteiger partial charge on any atom is 0.335 e. The number of carboxylic acid groups (broad SMARTS) is 1. The second-order valence-corrected chi connectivity index (χ2v) is 7.75. The van der Waals surface area contributed by atoms with Gasteiger partial charge in [-0.2, -0.15) is 0 Å². The maximum absolute atomic E-state index is 14.1. The SMILES string of the molecule is CCCOc1ccc(-c2ccc(C)c(C(=O)O)c2)cc1CNC(=O)c1ccc(Cl)cc1F. The highest BCUT2D eigenvalue weighted by Gasteiger charge is 2.15. The van der Waals surface area contributed by atoms with E-state index in [0.29, 0.717) is 23.5 Å². The molecule has 0 aliphatic heterocycles. The molecule has 0 fully saturated rings. The van der Waals surface area contributed by atoms with Gasteiger partial charge in [0, 0.05) is 17.1 Å². The normalized spacial score (nSPS) is 10.6. The molecule has 0 saturated carbocycles. The number of rotatable bonds is 8. The third-order valence-electron chi connectivity index (χ3n) is 4.94. The third-order valence-corrected chi connectivity index (χ3v) is 5.17. The van der Waals surface area contributed by atoms with Gasteiger partial charge in [0.25, 0.3) is 5.91 Å². The Labute approximate surface area is 190 Å². The van der Waals surface area contributed by atoms with E-state index in [2.05, 4.69) is 5.32 Å². The van der Waals surface area contributed by atoms with E-state index in [1.54, 1.807) is 25.1 Å². The van der Waals surface area contributed by atoms with Crippen molar-refractivity contribution in [3.8, 4) is 16.9 Å². The quantitative estimate of drug-likeness (QED) is 0.445. The highest BCUT2D eigenvalue weighted by Crippen LogP contribution is 2.29. The molecule has 0 atom stereocenters. The Balaban J connectivity index is 1.90. The topological polar surface area (TPSA) is 75.6 Å². The van der Waals surface area contributed by atoms with Crippen molar-refractivity contribution < 1.29 is 23.8 Å². The first-order valence-electron chi connectivity index (χ1n) is 10.1. The number of carboxylic acids is 1. The molecule has 0 aliphatic rings. The van der Waals surface area contributed by atoms with Gasteiger partial charge >= 0.3 is 5.97 Å². The molecule has 0 saturated heterocycles. The van der Waals surface area contributed by atoms with E-state index in [4.69, 9.17) is 16.3 Å². The molecule has 166 valence electrons. The summed E-state index contributed by atoms with van der Waals surface area (Å²) in [6.07, 6.45) is 0.809.